The number of allylic oxidation sites excluding steroid dienone is 2. The lowest BCUT2D eigenvalue weighted by Gasteiger charge is -2.30. The van der Waals surface area contributed by atoms with E-state index in [0.29, 0.717) is 11.1 Å². The number of carbonyl (C=O) groups excluding carboxylic acids is 8. The van der Waals surface area contributed by atoms with E-state index < -0.39 is 108 Å². The Bertz CT molecular complexity index is 1820. The van der Waals surface area contributed by atoms with E-state index in [-0.39, 0.29) is 36.6 Å². The van der Waals surface area contributed by atoms with Crippen LogP contribution in [0.4, 0.5) is 0 Å². The first-order chi connectivity index (χ1) is 28.0. The summed E-state index contributed by atoms with van der Waals surface area (Å²) in [6.07, 6.45) is -0.0261. The van der Waals surface area contributed by atoms with Gasteiger partial charge >= 0.3 is 11.9 Å². The summed E-state index contributed by atoms with van der Waals surface area (Å²) in [5.74, 6) is -9.01. The highest BCUT2D eigenvalue weighted by molar-refractivity contribution is 6.02. The van der Waals surface area contributed by atoms with Crippen LogP contribution in [0.5, 0.6) is 5.75 Å². The number of phenolic OH excluding ortho intramolecular Hbond substituents is 1. The van der Waals surface area contributed by atoms with Crippen LogP contribution in [0.25, 0.3) is 0 Å². The smallest absolute Gasteiger partial charge is 0.328 e. The van der Waals surface area contributed by atoms with Gasteiger partial charge in [-0.3, -0.25) is 38.4 Å². The van der Waals surface area contributed by atoms with E-state index in [1.165, 1.54) is 57.2 Å². The number of hydrogen-bond donors (Lipinski definition) is 9. The second-order valence-corrected chi connectivity index (χ2v) is 15.6. The van der Waals surface area contributed by atoms with Gasteiger partial charge in [0.1, 0.15) is 53.8 Å². The molecule has 19 heteroatoms. The van der Waals surface area contributed by atoms with E-state index in [2.05, 4.69) is 37.2 Å². The molecule has 1 aliphatic rings. The van der Waals surface area contributed by atoms with Crippen molar-refractivity contribution in [2.24, 2.45) is 11.8 Å². The van der Waals surface area contributed by atoms with Gasteiger partial charge in [0.05, 0.1) is 0 Å². The molecule has 1 saturated heterocycles. The van der Waals surface area contributed by atoms with Crippen LogP contribution in [-0.2, 0) is 54.3 Å². The summed E-state index contributed by atoms with van der Waals surface area (Å²) >= 11 is 0. The fraction of sp³-hybridized carbons (Fsp3) is 0.537. The number of carboxylic acid groups (broad SMARTS) is 1. The highest BCUT2D eigenvalue weighted by atomic mass is 16.5. The topological polar surface area (TPSA) is 288 Å². The minimum absolute atomic E-state index is 0.00915. The number of aliphatic carboxylic acids is 1. The predicted octanol–water partition coefficient (Wildman–Crippen LogP) is 0.362. The van der Waals surface area contributed by atoms with E-state index in [1.807, 2.05) is 0 Å². The Labute approximate surface area is 349 Å². The summed E-state index contributed by atoms with van der Waals surface area (Å²) in [6, 6.07) is -2.70. The molecule has 0 radical (unpaired) electrons. The number of esters is 1. The minimum atomic E-state index is -1.73. The van der Waals surface area contributed by atoms with Crippen LogP contribution in [-0.4, -0.2) is 106 Å². The standard InChI is InChI=1S/C41H59N7O12/c1-10-27-36(54)44-28(15-16-32(51)52)37(55)46-30(17-20(2)3)41(59)60-24(9)34(40(58)42-23(8)35(53)43-27)48-38(56)29(19-25-11-13-26(49)14-12-25)45-39(57)33(22(6)7)47-31(50)18-21(4)5/h10-14,18,20,22-24,28-30,33-34,49H,15-17,19H2,1-9H3,(H,42,58)(H,43,53)(H,44,54)(H,45,57)(H,46,55)(H,47,50)(H,48,56)(H,51,52)/b27-10+/t23-,24+,28+,29-,30-,33-,34-/m0/s1. The van der Waals surface area contributed by atoms with Crippen LogP contribution < -0.4 is 37.2 Å². The molecule has 0 aliphatic carbocycles. The van der Waals surface area contributed by atoms with E-state index in [0.717, 1.165) is 0 Å². The third kappa shape index (κ3) is 16.2. The molecule has 0 aromatic heterocycles. The summed E-state index contributed by atoms with van der Waals surface area (Å²) < 4.78 is 5.70. The molecular weight excluding hydrogens is 782 g/mol. The maximum absolute atomic E-state index is 14.2. The van der Waals surface area contributed by atoms with Crippen molar-refractivity contribution >= 4 is 53.3 Å². The second kappa shape index (κ2) is 23.4. The van der Waals surface area contributed by atoms with Gasteiger partial charge in [-0.1, -0.05) is 51.5 Å². The summed E-state index contributed by atoms with van der Waals surface area (Å²) in [5, 5.41) is 36.7. The van der Waals surface area contributed by atoms with E-state index in [1.54, 1.807) is 41.5 Å². The third-order valence-electron chi connectivity index (χ3n) is 9.15. The number of benzene rings is 1. The molecule has 9 N–H and O–H groups in total. The molecule has 2 rings (SSSR count). The van der Waals surface area contributed by atoms with Crippen LogP contribution in [0.3, 0.4) is 0 Å². The summed E-state index contributed by atoms with van der Waals surface area (Å²) in [7, 11) is 0. The van der Waals surface area contributed by atoms with Gasteiger partial charge in [-0.15, -0.1) is 0 Å². The van der Waals surface area contributed by atoms with E-state index in [9.17, 15) is 53.4 Å². The van der Waals surface area contributed by atoms with Gasteiger partial charge in [-0.25, -0.2) is 4.79 Å². The Morgan fingerprint density at radius 1 is 0.850 bits per heavy atom. The highest BCUT2D eigenvalue weighted by Crippen LogP contribution is 2.15. The van der Waals surface area contributed by atoms with Gasteiger partial charge in [0, 0.05) is 18.9 Å². The van der Waals surface area contributed by atoms with Crippen LogP contribution in [0.1, 0.15) is 87.1 Å². The zero-order valence-corrected chi connectivity index (χ0v) is 35.5. The average molecular weight is 842 g/mol. The number of phenols is 1. The van der Waals surface area contributed by atoms with Gasteiger partial charge < -0.3 is 52.2 Å². The molecule has 0 bridgehead atoms. The molecule has 330 valence electrons. The number of carbonyl (C=O) groups is 9. The molecule has 7 amide bonds. The molecule has 0 unspecified atom stereocenters. The van der Waals surface area contributed by atoms with Gasteiger partial charge in [0.15, 0.2) is 0 Å². The molecule has 1 heterocycles. The minimum Gasteiger partial charge on any atom is -0.508 e. The average Bonchev–Trinajstić information content (AvgIpc) is 3.15. The normalized spacial score (nSPS) is 22.3. The molecule has 1 aromatic rings. The highest BCUT2D eigenvalue weighted by Gasteiger charge is 2.38. The van der Waals surface area contributed by atoms with Crippen LogP contribution in [0, 0.1) is 11.8 Å². The Morgan fingerprint density at radius 3 is 2.03 bits per heavy atom. The zero-order valence-electron chi connectivity index (χ0n) is 35.5. The summed E-state index contributed by atoms with van der Waals surface area (Å²) in [6.45, 7) is 14.3. The van der Waals surface area contributed by atoms with Crippen molar-refractivity contribution in [1.82, 2.24) is 37.2 Å². The number of carboxylic acids is 1. The third-order valence-corrected chi connectivity index (χ3v) is 9.15. The van der Waals surface area contributed by atoms with E-state index >= 15 is 0 Å². The van der Waals surface area contributed by atoms with Crippen LogP contribution in [0.2, 0.25) is 0 Å². The lowest BCUT2D eigenvalue weighted by atomic mass is 10.00. The molecule has 0 saturated carbocycles. The first-order valence-electron chi connectivity index (χ1n) is 19.7. The number of cyclic esters (lactones) is 1. The van der Waals surface area contributed by atoms with Crippen molar-refractivity contribution in [1.29, 1.82) is 0 Å². The summed E-state index contributed by atoms with van der Waals surface area (Å²) in [5.41, 5.74) is 0.829. The van der Waals surface area contributed by atoms with Crippen LogP contribution in [0.15, 0.2) is 47.7 Å². The monoisotopic (exact) mass is 841 g/mol. The number of rotatable bonds is 14. The van der Waals surface area contributed by atoms with Gasteiger partial charge in [0.2, 0.25) is 35.4 Å². The number of aromatic hydroxyl groups is 1. The Kier molecular flexibility index (Phi) is 19.4. The first kappa shape index (κ1) is 49.9. The lowest BCUT2D eigenvalue weighted by molar-refractivity contribution is -0.156. The summed E-state index contributed by atoms with van der Waals surface area (Å²) in [4.78, 5) is 120. The first-order valence-corrected chi connectivity index (χ1v) is 19.7. The number of ether oxygens (including phenoxy) is 1. The van der Waals surface area contributed by atoms with Crippen LogP contribution >= 0.6 is 0 Å². The van der Waals surface area contributed by atoms with Crippen molar-refractivity contribution in [2.45, 2.75) is 130 Å². The van der Waals surface area contributed by atoms with Gasteiger partial charge in [-0.2, -0.15) is 0 Å². The van der Waals surface area contributed by atoms with Gasteiger partial charge in [0.25, 0.3) is 5.91 Å². The lowest BCUT2D eigenvalue weighted by Crippen LogP contribution is -2.62. The Balaban J connectivity index is 2.63. The van der Waals surface area contributed by atoms with Crippen molar-refractivity contribution in [3.8, 4) is 5.75 Å². The molecule has 1 aromatic carbocycles. The number of nitrogens with one attached hydrogen (secondary N) is 7. The molecule has 19 nitrogen and oxygen atoms in total. The fourth-order valence-corrected chi connectivity index (χ4v) is 5.91. The second-order valence-electron chi connectivity index (χ2n) is 15.6. The zero-order chi connectivity index (χ0) is 45.4. The molecule has 60 heavy (non-hydrogen) atoms. The molecule has 7 atom stereocenters. The van der Waals surface area contributed by atoms with Crippen molar-refractivity contribution < 1.29 is 58.1 Å². The number of amides is 7. The SMILES string of the molecule is C/C=C1/NC(=O)[C@H](C)NC(=O)[C@@H](NC(=O)[C@H](Cc2ccc(O)cc2)NC(=O)[C@@H](NC(=O)C=C(C)C)C(C)C)[C@@H](C)OC(=O)[C@H](CC(C)C)NC(=O)[C@@H](CCC(=O)O)NC1=O. The Morgan fingerprint density at radius 2 is 1.48 bits per heavy atom. The van der Waals surface area contributed by atoms with Crippen molar-refractivity contribution in [3.05, 3.63) is 53.3 Å². The Hall–Kier alpha value is -6.27. The van der Waals surface area contributed by atoms with Gasteiger partial charge in [-0.05, 0) is 77.0 Å². The predicted molar refractivity (Wildman–Crippen MR) is 217 cm³/mol. The fourth-order valence-electron chi connectivity index (χ4n) is 5.91. The molecule has 1 aliphatic heterocycles. The maximum atomic E-state index is 14.2. The largest absolute Gasteiger partial charge is 0.508 e. The molecule has 1 fully saturated rings. The quantitative estimate of drug-likeness (QED) is 0.0907. The molecule has 0 spiro atoms. The number of hydrogen-bond acceptors (Lipinski definition) is 11. The van der Waals surface area contributed by atoms with Crippen molar-refractivity contribution in [2.75, 3.05) is 0 Å². The maximum Gasteiger partial charge on any atom is 0.328 e. The van der Waals surface area contributed by atoms with Crippen molar-refractivity contribution in [3.63, 3.8) is 0 Å². The molecular formula is C41H59N7O12. The van der Waals surface area contributed by atoms with E-state index in [4.69, 9.17) is 4.74 Å².